The number of aromatic nitrogens is 2. The Morgan fingerprint density at radius 3 is 2.93 bits per heavy atom. The van der Waals surface area contributed by atoms with E-state index in [4.69, 9.17) is 4.74 Å². The standard InChI is InChI=1S/C10H15FN2O/c1-7(2)10-12-3-4-13(10)9-6-14-5-8(9)11/h3-4,7-9H,5-6H2,1-2H3/t8-,9-/m1/s1. The molecule has 2 atom stereocenters. The van der Waals surface area contributed by atoms with Crippen molar-refractivity contribution < 1.29 is 9.13 Å². The van der Waals surface area contributed by atoms with Crippen LogP contribution in [0.25, 0.3) is 0 Å². The lowest BCUT2D eigenvalue weighted by molar-refractivity contribution is 0.172. The normalized spacial score (nSPS) is 27.4. The first-order valence-corrected chi connectivity index (χ1v) is 4.94. The van der Waals surface area contributed by atoms with E-state index in [2.05, 4.69) is 18.8 Å². The van der Waals surface area contributed by atoms with E-state index in [0.717, 1.165) is 5.82 Å². The molecule has 0 bridgehead atoms. The van der Waals surface area contributed by atoms with Crippen molar-refractivity contribution in [2.24, 2.45) is 0 Å². The van der Waals surface area contributed by atoms with Crippen molar-refractivity contribution in [3.05, 3.63) is 18.2 Å². The topological polar surface area (TPSA) is 27.1 Å². The summed E-state index contributed by atoms with van der Waals surface area (Å²) in [6.45, 7) is 4.78. The van der Waals surface area contributed by atoms with E-state index in [0.29, 0.717) is 12.5 Å². The summed E-state index contributed by atoms with van der Waals surface area (Å²) in [5, 5.41) is 0. The highest BCUT2D eigenvalue weighted by Gasteiger charge is 2.31. The minimum atomic E-state index is -0.901. The SMILES string of the molecule is CC(C)c1nccn1[C@@H]1COC[C@H]1F. The second-order valence-electron chi connectivity index (χ2n) is 3.97. The zero-order valence-electron chi connectivity index (χ0n) is 8.48. The van der Waals surface area contributed by atoms with Gasteiger partial charge in [-0.05, 0) is 0 Å². The molecular weight excluding hydrogens is 183 g/mol. The fraction of sp³-hybridized carbons (Fsp3) is 0.700. The summed E-state index contributed by atoms with van der Waals surface area (Å²) in [6, 6.07) is -0.185. The van der Waals surface area contributed by atoms with Crippen LogP contribution in [-0.4, -0.2) is 28.9 Å². The lowest BCUT2D eigenvalue weighted by Crippen LogP contribution is -2.20. The molecule has 0 saturated carbocycles. The van der Waals surface area contributed by atoms with E-state index >= 15 is 0 Å². The van der Waals surface area contributed by atoms with Gasteiger partial charge in [-0.1, -0.05) is 13.8 Å². The molecule has 2 heterocycles. The van der Waals surface area contributed by atoms with Gasteiger partial charge in [-0.15, -0.1) is 0 Å². The highest BCUT2D eigenvalue weighted by atomic mass is 19.1. The summed E-state index contributed by atoms with van der Waals surface area (Å²) in [4.78, 5) is 4.24. The van der Waals surface area contributed by atoms with Crippen molar-refractivity contribution in [2.45, 2.75) is 32.0 Å². The fourth-order valence-corrected chi connectivity index (χ4v) is 1.82. The number of alkyl halides is 1. The molecule has 0 spiro atoms. The van der Waals surface area contributed by atoms with Crippen molar-refractivity contribution in [1.82, 2.24) is 9.55 Å². The van der Waals surface area contributed by atoms with E-state index in [1.807, 2.05) is 10.8 Å². The van der Waals surface area contributed by atoms with Gasteiger partial charge in [-0.25, -0.2) is 9.37 Å². The van der Waals surface area contributed by atoms with E-state index in [1.54, 1.807) is 6.20 Å². The summed E-state index contributed by atoms with van der Waals surface area (Å²) in [6.07, 6.45) is 2.66. The monoisotopic (exact) mass is 198 g/mol. The molecule has 1 aliphatic rings. The van der Waals surface area contributed by atoms with Gasteiger partial charge in [0.05, 0.1) is 19.3 Å². The zero-order valence-corrected chi connectivity index (χ0v) is 8.48. The van der Waals surface area contributed by atoms with Crippen LogP contribution in [-0.2, 0) is 4.74 Å². The van der Waals surface area contributed by atoms with Gasteiger partial charge in [0.15, 0.2) is 0 Å². The molecular formula is C10H15FN2O. The van der Waals surface area contributed by atoms with Crippen LogP contribution in [0.3, 0.4) is 0 Å². The van der Waals surface area contributed by atoms with Gasteiger partial charge in [0, 0.05) is 18.3 Å². The van der Waals surface area contributed by atoms with Crippen molar-refractivity contribution in [1.29, 1.82) is 0 Å². The summed E-state index contributed by atoms with van der Waals surface area (Å²) < 4.78 is 20.4. The lowest BCUT2D eigenvalue weighted by Gasteiger charge is -2.17. The molecule has 0 radical (unpaired) electrons. The molecule has 0 amide bonds. The minimum Gasteiger partial charge on any atom is -0.376 e. The Hall–Kier alpha value is -0.900. The van der Waals surface area contributed by atoms with E-state index in [9.17, 15) is 4.39 Å². The Labute approximate surface area is 82.9 Å². The molecule has 1 aliphatic heterocycles. The van der Waals surface area contributed by atoms with Crippen molar-refractivity contribution in [3.8, 4) is 0 Å². The molecule has 78 valence electrons. The van der Waals surface area contributed by atoms with Gasteiger partial charge in [-0.2, -0.15) is 0 Å². The average molecular weight is 198 g/mol. The van der Waals surface area contributed by atoms with Crippen LogP contribution < -0.4 is 0 Å². The Morgan fingerprint density at radius 1 is 1.57 bits per heavy atom. The number of hydrogen-bond acceptors (Lipinski definition) is 2. The number of imidazole rings is 1. The predicted octanol–water partition coefficient (Wildman–Crippen LogP) is 1.92. The third-order valence-corrected chi connectivity index (χ3v) is 2.56. The van der Waals surface area contributed by atoms with E-state index in [1.165, 1.54) is 0 Å². The van der Waals surface area contributed by atoms with Gasteiger partial charge in [0.2, 0.25) is 0 Å². The number of rotatable bonds is 2. The number of ether oxygens (including phenoxy) is 1. The highest BCUT2D eigenvalue weighted by Crippen LogP contribution is 2.26. The number of halogens is 1. The van der Waals surface area contributed by atoms with Crippen LogP contribution in [0.5, 0.6) is 0 Å². The van der Waals surface area contributed by atoms with Gasteiger partial charge < -0.3 is 9.30 Å². The Balaban J connectivity index is 2.26. The van der Waals surface area contributed by atoms with Gasteiger partial charge >= 0.3 is 0 Å². The maximum Gasteiger partial charge on any atom is 0.146 e. The lowest BCUT2D eigenvalue weighted by atomic mass is 10.1. The maximum absolute atomic E-state index is 13.4. The molecule has 14 heavy (non-hydrogen) atoms. The zero-order chi connectivity index (χ0) is 10.1. The fourth-order valence-electron chi connectivity index (χ4n) is 1.82. The van der Waals surface area contributed by atoms with Gasteiger partial charge in [0.25, 0.3) is 0 Å². The molecule has 1 aromatic rings. The molecule has 0 aromatic carbocycles. The molecule has 0 aliphatic carbocycles. The maximum atomic E-state index is 13.4. The molecule has 1 fully saturated rings. The second-order valence-corrected chi connectivity index (χ2v) is 3.97. The first-order valence-electron chi connectivity index (χ1n) is 4.94. The molecule has 2 rings (SSSR count). The van der Waals surface area contributed by atoms with E-state index in [-0.39, 0.29) is 12.6 Å². The minimum absolute atomic E-state index is 0.185. The van der Waals surface area contributed by atoms with Crippen molar-refractivity contribution in [3.63, 3.8) is 0 Å². The average Bonchev–Trinajstić information content (AvgIpc) is 2.70. The van der Waals surface area contributed by atoms with Crippen molar-refractivity contribution >= 4 is 0 Å². The molecule has 1 aromatic heterocycles. The summed E-state index contributed by atoms with van der Waals surface area (Å²) in [7, 11) is 0. The largest absolute Gasteiger partial charge is 0.376 e. The van der Waals surface area contributed by atoms with Crippen LogP contribution in [0.2, 0.25) is 0 Å². The molecule has 0 unspecified atom stereocenters. The second kappa shape index (κ2) is 3.69. The molecule has 1 saturated heterocycles. The van der Waals surface area contributed by atoms with E-state index < -0.39 is 6.17 Å². The summed E-state index contributed by atoms with van der Waals surface area (Å²) in [5.41, 5.74) is 0. The number of hydrogen-bond donors (Lipinski definition) is 0. The number of nitrogens with zero attached hydrogens (tertiary/aromatic N) is 2. The van der Waals surface area contributed by atoms with Crippen molar-refractivity contribution in [2.75, 3.05) is 13.2 Å². The van der Waals surface area contributed by atoms with Crippen LogP contribution >= 0.6 is 0 Å². The third kappa shape index (κ3) is 1.54. The smallest absolute Gasteiger partial charge is 0.146 e. The van der Waals surface area contributed by atoms with Crippen LogP contribution in [0, 0.1) is 0 Å². The Morgan fingerprint density at radius 2 is 2.36 bits per heavy atom. The first-order chi connectivity index (χ1) is 6.70. The van der Waals surface area contributed by atoms with Crippen LogP contribution in [0.15, 0.2) is 12.4 Å². The predicted molar refractivity (Wildman–Crippen MR) is 51.1 cm³/mol. The highest BCUT2D eigenvalue weighted by molar-refractivity contribution is 5.02. The molecule has 0 N–H and O–H groups in total. The third-order valence-electron chi connectivity index (χ3n) is 2.56. The van der Waals surface area contributed by atoms with Gasteiger partial charge in [0.1, 0.15) is 12.0 Å². The summed E-state index contributed by atoms with van der Waals surface area (Å²) in [5.74, 6) is 1.25. The molecule has 3 nitrogen and oxygen atoms in total. The Bertz CT molecular complexity index is 311. The van der Waals surface area contributed by atoms with Gasteiger partial charge in [-0.3, -0.25) is 0 Å². The van der Waals surface area contributed by atoms with Crippen LogP contribution in [0.4, 0.5) is 4.39 Å². The summed E-state index contributed by atoms with van der Waals surface area (Å²) >= 11 is 0. The Kier molecular flexibility index (Phi) is 2.54. The van der Waals surface area contributed by atoms with Crippen LogP contribution in [0.1, 0.15) is 31.6 Å². The quantitative estimate of drug-likeness (QED) is 0.726. The molecule has 4 heteroatoms. The first kappa shape index (κ1) is 9.65.